The summed E-state index contributed by atoms with van der Waals surface area (Å²) < 4.78 is 26.4. The highest BCUT2D eigenvalue weighted by Gasteiger charge is 2.08. The van der Waals surface area contributed by atoms with Crippen LogP contribution in [-0.2, 0) is 13.1 Å². The molecule has 0 aliphatic carbocycles. The van der Waals surface area contributed by atoms with Crippen molar-refractivity contribution in [3.63, 3.8) is 0 Å². The lowest BCUT2D eigenvalue weighted by Crippen LogP contribution is -2.23. The number of aromatic nitrogens is 1. The Morgan fingerprint density at radius 2 is 1.69 bits per heavy atom. The van der Waals surface area contributed by atoms with E-state index in [1.165, 1.54) is 24.4 Å². The Morgan fingerprint density at radius 1 is 0.923 bits per heavy atom. The number of carbonyl (C=O) groups excluding carboxylic acids is 1. The Bertz CT molecular complexity index is 880. The van der Waals surface area contributed by atoms with E-state index in [0.717, 1.165) is 5.56 Å². The number of rotatable bonds is 6. The van der Waals surface area contributed by atoms with E-state index in [0.29, 0.717) is 23.5 Å². The van der Waals surface area contributed by atoms with Crippen LogP contribution in [0.5, 0.6) is 0 Å². The minimum Gasteiger partial charge on any atom is -0.366 e. The van der Waals surface area contributed by atoms with E-state index in [9.17, 15) is 13.6 Å². The van der Waals surface area contributed by atoms with Crippen LogP contribution in [0.15, 0.2) is 66.9 Å². The molecule has 4 nitrogen and oxygen atoms in total. The summed E-state index contributed by atoms with van der Waals surface area (Å²) in [5, 5.41) is 5.76. The summed E-state index contributed by atoms with van der Waals surface area (Å²) in [5.74, 6) is -0.366. The molecule has 0 unspecified atom stereocenters. The van der Waals surface area contributed by atoms with Gasteiger partial charge in [0, 0.05) is 24.8 Å². The average Bonchev–Trinajstić information content (AvgIpc) is 2.67. The minimum atomic E-state index is -0.355. The van der Waals surface area contributed by atoms with Gasteiger partial charge in [-0.25, -0.2) is 13.8 Å². The molecule has 0 atom stereocenters. The Hall–Kier alpha value is -3.28. The van der Waals surface area contributed by atoms with Gasteiger partial charge in [-0.3, -0.25) is 4.79 Å². The Kier molecular flexibility index (Phi) is 5.53. The fourth-order valence-corrected chi connectivity index (χ4v) is 2.35. The van der Waals surface area contributed by atoms with Gasteiger partial charge in [0.1, 0.15) is 17.5 Å². The van der Waals surface area contributed by atoms with Crippen LogP contribution >= 0.6 is 0 Å². The number of hydrogen-bond acceptors (Lipinski definition) is 3. The van der Waals surface area contributed by atoms with Crippen molar-refractivity contribution in [1.29, 1.82) is 0 Å². The van der Waals surface area contributed by atoms with Gasteiger partial charge in [-0.05, 0) is 35.9 Å². The topological polar surface area (TPSA) is 54.0 Å². The quantitative estimate of drug-likeness (QED) is 0.707. The molecule has 0 aliphatic rings. The van der Waals surface area contributed by atoms with Crippen LogP contribution in [0, 0.1) is 11.6 Å². The van der Waals surface area contributed by atoms with Crippen LogP contribution in [0.1, 0.15) is 21.5 Å². The maximum Gasteiger partial charge on any atom is 0.253 e. The lowest BCUT2D eigenvalue weighted by Gasteiger charge is -2.08. The number of amides is 1. The summed E-state index contributed by atoms with van der Waals surface area (Å²) in [6.07, 6.45) is 1.45. The van der Waals surface area contributed by atoms with E-state index in [2.05, 4.69) is 15.6 Å². The molecule has 6 heteroatoms. The van der Waals surface area contributed by atoms with Crippen LogP contribution in [0.4, 0.5) is 14.6 Å². The van der Waals surface area contributed by atoms with Crippen molar-refractivity contribution < 1.29 is 13.6 Å². The molecule has 0 spiro atoms. The molecule has 1 aromatic heterocycles. The fraction of sp³-hybridized carbons (Fsp3) is 0.100. The smallest absolute Gasteiger partial charge is 0.253 e. The van der Waals surface area contributed by atoms with Crippen molar-refractivity contribution in [1.82, 2.24) is 10.3 Å². The number of benzene rings is 2. The van der Waals surface area contributed by atoms with Crippen LogP contribution in [0.2, 0.25) is 0 Å². The molecule has 3 rings (SSSR count). The first-order valence-corrected chi connectivity index (χ1v) is 8.08. The highest BCUT2D eigenvalue weighted by molar-refractivity contribution is 5.94. The van der Waals surface area contributed by atoms with Gasteiger partial charge in [0.15, 0.2) is 0 Å². The molecule has 26 heavy (non-hydrogen) atoms. The standard InChI is InChI=1S/C20H17F2N3O/c21-17-8-5-14(6-9-17)11-23-19-10-7-16(13-24-19)20(26)25-12-15-3-1-2-4-18(15)22/h1-10,13H,11-12H2,(H,23,24)(H,25,26). The number of nitrogens with zero attached hydrogens (tertiary/aromatic N) is 1. The predicted octanol–water partition coefficient (Wildman–Crippen LogP) is 3.90. The van der Waals surface area contributed by atoms with Crippen LogP contribution in [0.25, 0.3) is 0 Å². The molecular weight excluding hydrogens is 336 g/mol. The fourth-order valence-electron chi connectivity index (χ4n) is 2.35. The van der Waals surface area contributed by atoms with Gasteiger partial charge in [-0.2, -0.15) is 0 Å². The lowest BCUT2D eigenvalue weighted by atomic mass is 10.2. The lowest BCUT2D eigenvalue weighted by molar-refractivity contribution is 0.0950. The zero-order chi connectivity index (χ0) is 18.4. The molecule has 0 aliphatic heterocycles. The highest BCUT2D eigenvalue weighted by atomic mass is 19.1. The zero-order valence-electron chi connectivity index (χ0n) is 13.9. The van der Waals surface area contributed by atoms with Gasteiger partial charge < -0.3 is 10.6 Å². The molecule has 1 amide bonds. The molecule has 3 aromatic rings. The van der Waals surface area contributed by atoms with Gasteiger partial charge in [-0.15, -0.1) is 0 Å². The van der Waals surface area contributed by atoms with Crippen LogP contribution in [0.3, 0.4) is 0 Å². The third kappa shape index (κ3) is 4.63. The molecule has 0 fully saturated rings. The number of hydrogen-bond donors (Lipinski definition) is 2. The van der Waals surface area contributed by atoms with Crippen molar-refractivity contribution in [3.05, 3.63) is 95.2 Å². The third-order valence-corrected chi connectivity index (χ3v) is 3.81. The van der Waals surface area contributed by atoms with Crippen molar-refractivity contribution in [3.8, 4) is 0 Å². The van der Waals surface area contributed by atoms with Gasteiger partial charge >= 0.3 is 0 Å². The predicted molar refractivity (Wildman–Crippen MR) is 95.5 cm³/mol. The molecule has 0 saturated carbocycles. The Morgan fingerprint density at radius 3 is 2.38 bits per heavy atom. The molecule has 0 saturated heterocycles. The second-order valence-electron chi connectivity index (χ2n) is 5.69. The SMILES string of the molecule is O=C(NCc1ccccc1F)c1ccc(NCc2ccc(F)cc2)nc1. The zero-order valence-corrected chi connectivity index (χ0v) is 13.9. The summed E-state index contributed by atoms with van der Waals surface area (Å²) in [6, 6.07) is 15.8. The average molecular weight is 353 g/mol. The van der Waals surface area contributed by atoms with E-state index in [4.69, 9.17) is 0 Å². The van der Waals surface area contributed by atoms with Gasteiger partial charge in [-0.1, -0.05) is 30.3 Å². The third-order valence-electron chi connectivity index (χ3n) is 3.81. The largest absolute Gasteiger partial charge is 0.366 e. The number of halogens is 2. The van der Waals surface area contributed by atoms with Crippen LogP contribution in [-0.4, -0.2) is 10.9 Å². The minimum absolute atomic E-state index is 0.107. The molecule has 2 N–H and O–H groups in total. The summed E-state index contributed by atoms with van der Waals surface area (Å²) in [7, 11) is 0. The first-order chi connectivity index (χ1) is 12.6. The summed E-state index contributed by atoms with van der Waals surface area (Å²) in [4.78, 5) is 16.3. The number of nitrogens with one attached hydrogen (secondary N) is 2. The summed E-state index contributed by atoms with van der Waals surface area (Å²) in [6.45, 7) is 0.599. The van der Waals surface area contributed by atoms with Crippen molar-refractivity contribution in [2.75, 3.05) is 5.32 Å². The first kappa shape index (κ1) is 17.5. The van der Waals surface area contributed by atoms with E-state index in [1.54, 1.807) is 42.5 Å². The van der Waals surface area contributed by atoms with Gasteiger partial charge in [0.2, 0.25) is 0 Å². The van der Waals surface area contributed by atoms with Crippen molar-refractivity contribution >= 4 is 11.7 Å². The normalized spacial score (nSPS) is 10.4. The van der Waals surface area contributed by atoms with E-state index in [-0.39, 0.29) is 24.1 Å². The monoisotopic (exact) mass is 353 g/mol. The van der Waals surface area contributed by atoms with Crippen molar-refractivity contribution in [2.45, 2.75) is 13.1 Å². The highest BCUT2D eigenvalue weighted by Crippen LogP contribution is 2.10. The van der Waals surface area contributed by atoms with E-state index >= 15 is 0 Å². The summed E-state index contributed by atoms with van der Waals surface area (Å²) in [5.41, 5.74) is 1.72. The molecule has 0 bridgehead atoms. The second kappa shape index (κ2) is 8.20. The van der Waals surface area contributed by atoms with E-state index < -0.39 is 0 Å². The first-order valence-electron chi connectivity index (χ1n) is 8.08. The van der Waals surface area contributed by atoms with Gasteiger partial charge in [0.25, 0.3) is 5.91 Å². The molecule has 132 valence electrons. The van der Waals surface area contributed by atoms with Gasteiger partial charge in [0.05, 0.1) is 5.56 Å². The Balaban J connectivity index is 1.54. The number of anilines is 1. The maximum atomic E-state index is 13.5. The van der Waals surface area contributed by atoms with Crippen molar-refractivity contribution in [2.24, 2.45) is 0 Å². The Labute approximate surface area is 149 Å². The number of carbonyl (C=O) groups is 1. The molecule has 1 heterocycles. The molecule has 2 aromatic carbocycles. The van der Waals surface area contributed by atoms with Crippen LogP contribution < -0.4 is 10.6 Å². The maximum absolute atomic E-state index is 13.5. The molecular formula is C20H17F2N3O. The summed E-state index contributed by atoms with van der Waals surface area (Å²) >= 11 is 0. The van der Waals surface area contributed by atoms with E-state index in [1.807, 2.05) is 0 Å². The molecule has 0 radical (unpaired) electrons. The second-order valence-corrected chi connectivity index (χ2v) is 5.69. The number of pyridine rings is 1.